The summed E-state index contributed by atoms with van der Waals surface area (Å²) in [6, 6.07) is 0.330. The maximum Gasteiger partial charge on any atom is 0.410 e. The Labute approximate surface area is 110 Å². The van der Waals surface area contributed by atoms with Crippen molar-refractivity contribution in [1.82, 2.24) is 10.2 Å². The number of hydrogen-bond acceptors (Lipinski definition) is 3. The van der Waals surface area contributed by atoms with Gasteiger partial charge in [0.1, 0.15) is 5.60 Å². The molecule has 1 N–H and O–H groups in total. The Morgan fingerprint density at radius 1 is 1.28 bits per heavy atom. The van der Waals surface area contributed by atoms with Crippen LogP contribution in [0.4, 0.5) is 4.79 Å². The molecule has 2 saturated heterocycles. The van der Waals surface area contributed by atoms with Gasteiger partial charge in [0, 0.05) is 13.1 Å². The molecule has 0 aromatic carbocycles. The Balaban J connectivity index is 2.03. The van der Waals surface area contributed by atoms with Crippen molar-refractivity contribution in [3.8, 4) is 0 Å². The third kappa shape index (κ3) is 3.37. The van der Waals surface area contributed by atoms with Crippen LogP contribution < -0.4 is 5.32 Å². The maximum atomic E-state index is 12.3. The zero-order valence-corrected chi connectivity index (χ0v) is 11.9. The van der Waals surface area contributed by atoms with Crippen molar-refractivity contribution >= 4 is 6.09 Å². The number of nitrogens with zero attached hydrogens (tertiary/aromatic N) is 1. The molecule has 18 heavy (non-hydrogen) atoms. The molecule has 4 heteroatoms. The van der Waals surface area contributed by atoms with Crippen LogP contribution in [-0.4, -0.2) is 42.3 Å². The highest BCUT2D eigenvalue weighted by Crippen LogP contribution is 2.29. The van der Waals surface area contributed by atoms with Crippen molar-refractivity contribution in [2.45, 2.75) is 58.1 Å². The molecule has 2 unspecified atom stereocenters. The monoisotopic (exact) mass is 254 g/mol. The number of amides is 1. The quantitative estimate of drug-likeness (QED) is 0.721. The highest BCUT2D eigenvalue weighted by Gasteiger charge is 2.36. The third-order valence-corrected chi connectivity index (χ3v) is 3.83. The van der Waals surface area contributed by atoms with Gasteiger partial charge in [-0.15, -0.1) is 0 Å². The first-order chi connectivity index (χ1) is 8.47. The lowest BCUT2D eigenvalue weighted by Crippen LogP contribution is -2.53. The average Bonchev–Trinajstić information content (AvgIpc) is 2.50. The lowest BCUT2D eigenvalue weighted by atomic mass is 9.86. The molecule has 0 bridgehead atoms. The van der Waals surface area contributed by atoms with E-state index in [0.717, 1.165) is 26.1 Å². The van der Waals surface area contributed by atoms with Gasteiger partial charge in [0.2, 0.25) is 0 Å². The maximum absolute atomic E-state index is 12.3. The molecule has 4 nitrogen and oxygen atoms in total. The van der Waals surface area contributed by atoms with Crippen LogP contribution >= 0.6 is 0 Å². The van der Waals surface area contributed by atoms with Crippen molar-refractivity contribution in [1.29, 1.82) is 0 Å². The summed E-state index contributed by atoms with van der Waals surface area (Å²) in [6.45, 7) is 8.63. The van der Waals surface area contributed by atoms with Gasteiger partial charge in [-0.2, -0.15) is 0 Å². The molecule has 2 atom stereocenters. The first kappa shape index (κ1) is 13.7. The highest BCUT2D eigenvalue weighted by atomic mass is 16.6. The summed E-state index contributed by atoms with van der Waals surface area (Å²) in [7, 11) is 0. The lowest BCUT2D eigenvalue weighted by Gasteiger charge is -2.40. The van der Waals surface area contributed by atoms with E-state index in [-0.39, 0.29) is 6.09 Å². The van der Waals surface area contributed by atoms with Gasteiger partial charge in [0.25, 0.3) is 0 Å². The van der Waals surface area contributed by atoms with E-state index < -0.39 is 5.60 Å². The largest absolute Gasteiger partial charge is 0.444 e. The van der Waals surface area contributed by atoms with Crippen molar-refractivity contribution in [2.24, 2.45) is 5.92 Å². The minimum absolute atomic E-state index is 0.138. The molecule has 0 spiro atoms. The number of rotatable bonds is 0. The van der Waals surface area contributed by atoms with Gasteiger partial charge < -0.3 is 15.0 Å². The van der Waals surface area contributed by atoms with E-state index in [1.54, 1.807) is 0 Å². The topological polar surface area (TPSA) is 41.6 Å². The molecule has 2 aliphatic rings. The van der Waals surface area contributed by atoms with E-state index in [1.807, 2.05) is 25.7 Å². The molecule has 2 heterocycles. The zero-order chi connectivity index (χ0) is 13.2. The van der Waals surface area contributed by atoms with E-state index in [4.69, 9.17) is 4.74 Å². The number of likely N-dealkylation sites (tertiary alicyclic amines) is 1. The molecule has 0 aliphatic carbocycles. The lowest BCUT2D eigenvalue weighted by molar-refractivity contribution is 0.000862. The Morgan fingerprint density at radius 3 is 2.72 bits per heavy atom. The predicted molar refractivity (Wildman–Crippen MR) is 71.6 cm³/mol. The summed E-state index contributed by atoms with van der Waals surface area (Å²) in [5.74, 6) is 0.654. The fourth-order valence-electron chi connectivity index (χ4n) is 3.04. The summed E-state index contributed by atoms with van der Waals surface area (Å²) in [6.07, 6.45) is 4.69. The van der Waals surface area contributed by atoms with Crippen LogP contribution in [0.2, 0.25) is 0 Å². The van der Waals surface area contributed by atoms with Gasteiger partial charge in [0.15, 0.2) is 0 Å². The summed E-state index contributed by atoms with van der Waals surface area (Å²) >= 11 is 0. The molecule has 2 fully saturated rings. The van der Waals surface area contributed by atoms with Gasteiger partial charge in [0.05, 0.1) is 6.04 Å². The van der Waals surface area contributed by atoms with Crippen LogP contribution in [0, 0.1) is 5.92 Å². The summed E-state index contributed by atoms with van der Waals surface area (Å²) in [5.41, 5.74) is -0.401. The summed E-state index contributed by atoms with van der Waals surface area (Å²) in [5, 5.41) is 3.44. The third-order valence-electron chi connectivity index (χ3n) is 3.83. The molecule has 0 saturated carbocycles. The van der Waals surface area contributed by atoms with E-state index >= 15 is 0 Å². The minimum atomic E-state index is -0.401. The number of ether oxygens (including phenoxy) is 1. The fraction of sp³-hybridized carbons (Fsp3) is 0.929. The molecule has 0 aromatic rings. The van der Waals surface area contributed by atoms with Gasteiger partial charge in [-0.25, -0.2) is 4.79 Å². The van der Waals surface area contributed by atoms with Crippen LogP contribution in [0.3, 0.4) is 0 Å². The summed E-state index contributed by atoms with van der Waals surface area (Å²) < 4.78 is 5.53. The highest BCUT2D eigenvalue weighted by molar-refractivity contribution is 5.68. The van der Waals surface area contributed by atoms with Crippen LogP contribution in [-0.2, 0) is 4.74 Å². The van der Waals surface area contributed by atoms with Crippen molar-refractivity contribution < 1.29 is 9.53 Å². The van der Waals surface area contributed by atoms with Crippen molar-refractivity contribution in [3.63, 3.8) is 0 Å². The Bertz CT molecular complexity index is 299. The van der Waals surface area contributed by atoms with Crippen LogP contribution in [0.15, 0.2) is 0 Å². The van der Waals surface area contributed by atoms with Gasteiger partial charge >= 0.3 is 6.09 Å². The predicted octanol–water partition coefficient (Wildman–Crippen LogP) is 2.39. The number of fused-ring (bicyclic) bond motifs is 1. The molecule has 1 amide bonds. The Kier molecular flexibility index (Phi) is 4.15. The number of nitrogens with one attached hydrogen (secondary N) is 1. The van der Waals surface area contributed by atoms with E-state index in [2.05, 4.69) is 5.32 Å². The second-order valence-corrected chi connectivity index (χ2v) is 6.49. The van der Waals surface area contributed by atoms with Crippen LogP contribution in [0.1, 0.15) is 46.5 Å². The molecule has 0 aromatic heterocycles. The first-order valence-corrected chi connectivity index (χ1v) is 7.18. The standard InChI is InChI=1S/C14H26N2O2/c1-14(2,3)18-13(17)16-9-5-7-11-6-4-8-15-10-12(11)16/h11-12,15H,4-10H2,1-3H3. The SMILES string of the molecule is CC(C)(C)OC(=O)N1CCCC2CCCNCC21. The second kappa shape index (κ2) is 5.47. The number of carbonyl (C=O) groups excluding carboxylic acids is 1. The van der Waals surface area contributed by atoms with Gasteiger partial charge in [-0.1, -0.05) is 0 Å². The summed E-state index contributed by atoms with van der Waals surface area (Å²) in [4.78, 5) is 14.2. The molecular formula is C14H26N2O2. The molecule has 0 radical (unpaired) electrons. The normalized spacial score (nSPS) is 29.4. The Hall–Kier alpha value is -0.770. The van der Waals surface area contributed by atoms with E-state index in [1.165, 1.54) is 19.3 Å². The smallest absolute Gasteiger partial charge is 0.410 e. The van der Waals surface area contributed by atoms with Gasteiger partial charge in [-0.3, -0.25) is 0 Å². The Morgan fingerprint density at radius 2 is 2.00 bits per heavy atom. The van der Waals surface area contributed by atoms with Gasteiger partial charge in [-0.05, 0) is 58.9 Å². The second-order valence-electron chi connectivity index (χ2n) is 6.49. The number of carbonyl (C=O) groups is 1. The molecule has 2 aliphatic heterocycles. The average molecular weight is 254 g/mol. The van der Waals surface area contributed by atoms with E-state index in [0.29, 0.717) is 12.0 Å². The first-order valence-electron chi connectivity index (χ1n) is 7.18. The van der Waals surface area contributed by atoms with E-state index in [9.17, 15) is 4.79 Å². The zero-order valence-electron chi connectivity index (χ0n) is 11.9. The van der Waals surface area contributed by atoms with Crippen LogP contribution in [0.25, 0.3) is 0 Å². The van der Waals surface area contributed by atoms with Crippen LogP contribution in [0.5, 0.6) is 0 Å². The minimum Gasteiger partial charge on any atom is -0.444 e. The number of hydrogen-bond donors (Lipinski definition) is 1. The van der Waals surface area contributed by atoms with Crippen molar-refractivity contribution in [3.05, 3.63) is 0 Å². The molecule has 2 rings (SSSR count). The van der Waals surface area contributed by atoms with Crippen molar-refractivity contribution in [2.75, 3.05) is 19.6 Å². The number of piperidine rings is 1. The molecule has 104 valence electrons. The molecular weight excluding hydrogens is 228 g/mol. The fourth-order valence-corrected chi connectivity index (χ4v) is 3.04.